The summed E-state index contributed by atoms with van der Waals surface area (Å²) in [6, 6.07) is 6.15. The third-order valence-corrected chi connectivity index (χ3v) is 3.61. The molecule has 2 aromatic rings. The number of nitrogens with one attached hydrogen (secondary N) is 2. The number of benzene rings is 1. The highest BCUT2D eigenvalue weighted by Crippen LogP contribution is 2.15. The summed E-state index contributed by atoms with van der Waals surface area (Å²) in [4.78, 5) is 4.28. The van der Waals surface area contributed by atoms with Gasteiger partial charge in [0.1, 0.15) is 0 Å². The van der Waals surface area contributed by atoms with E-state index in [0.717, 1.165) is 22.0 Å². The predicted octanol–water partition coefficient (Wildman–Crippen LogP) is 3.39. The van der Waals surface area contributed by atoms with Gasteiger partial charge in [-0.15, -0.1) is 11.3 Å². The summed E-state index contributed by atoms with van der Waals surface area (Å²) in [5, 5.41) is 10.6. The van der Waals surface area contributed by atoms with E-state index in [2.05, 4.69) is 33.8 Å². The van der Waals surface area contributed by atoms with E-state index in [1.54, 1.807) is 17.6 Å². The van der Waals surface area contributed by atoms with Gasteiger partial charge in [-0.1, -0.05) is 17.7 Å². The number of aryl methyl sites for hydroxylation is 3. The average Bonchev–Trinajstić information content (AvgIpc) is 2.79. The summed E-state index contributed by atoms with van der Waals surface area (Å²) in [6.07, 6.45) is 1.65. The minimum absolute atomic E-state index is 0.458. The number of thiazole rings is 1. The van der Waals surface area contributed by atoms with E-state index in [9.17, 15) is 0 Å². The van der Waals surface area contributed by atoms with Crippen molar-refractivity contribution in [2.75, 3.05) is 5.32 Å². The normalized spacial score (nSPS) is 10.8. The molecule has 4 nitrogen and oxygen atoms in total. The highest BCUT2D eigenvalue weighted by molar-refractivity contribution is 7.80. The number of anilines is 1. The van der Waals surface area contributed by atoms with Gasteiger partial charge in [-0.25, -0.2) is 4.98 Å². The molecule has 0 saturated carbocycles. The molecule has 0 atom stereocenters. The van der Waals surface area contributed by atoms with Crippen LogP contribution in [-0.2, 0) is 0 Å². The largest absolute Gasteiger partial charge is 0.331 e. The summed E-state index contributed by atoms with van der Waals surface area (Å²) < 4.78 is 0. The number of hydrazone groups is 1. The summed E-state index contributed by atoms with van der Waals surface area (Å²) in [5.74, 6) is 0. The fourth-order valence-corrected chi connectivity index (χ4v) is 2.43. The van der Waals surface area contributed by atoms with E-state index in [0.29, 0.717) is 5.11 Å². The Labute approximate surface area is 127 Å². The first-order valence-electron chi connectivity index (χ1n) is 6.14. The van der Waals surface area contributed by atoms with Crippen molar-refractivity contribution < 1.29 is 0 Å². The molecule has 1 aromatic carbocycles. The van der Waals surface area contributed by atoms with Crippen molar-refractivity contribution in [1.82, 2.24) is 10.4 Å². The zero-order chi connectivity index (χ0) is 14.5. The zero-order valence-corrected chi connectivity index (χ0v) is 13.2. The van der Waals surface area contributed by atoms with Gasteiger partial charge >= 0.3 is 0 Å². The number of hydrogen-bond acceptors (Lipinski definition) is 4. The molecule has 20 heavy (non-hydrogen) atoms. The Morgan fingerprint density at radius 3 is 2.80 bits per heavy atom. The smallest absolute Gasteiger partial charge is 0.191 e. The van der Waals surface area contributed by atoms with Gasteiger partial charge in [-0.2, -0.15) is 5.10 Å². The van der Waals surface area contributed by atoms with Crippen LogP contribution in [0.4, 0.5) is 5.69 Å². The van der Waals surface area contributed by atoms with Crippen molar-refractivity contribution in [3.05, 3.63) is 45.4 Å². The third-order valence-electron chi connectivity index (χ3n) is 2.63. The van der Waals surface area contributed by atoms with Gasteiger partial charge in [0.15, 0.2) is 5.11 Å². The van der Waals surface area contributed by atoms with Gasteiger partial charge in [0.05, 0.1) is 16.9 Å². The van der Waals surface area contributed by atoms with Crippen molar-refractivity contribution in [3.63, 3.8) is 0 Å². The Morgan fingerprint density at radius 1 is 1.35 bits per heavy atom. The Morgan fingerprint density at radius 2 is 2.15 bits per heavy atom. The third kappa shape index (κ3) is 4.11. The number of nitrogens with zero attached hydrogens (tertiary/aromatic N) is 2. The fraction of sp³-hybridized carbons (Fsp3) is 0.214. The van der Waals surface area contributed by atoms with E-state index in [4.69, 9.17) is 12.2 Å². The number of thiocarbonyl (C=S) groups is 1. The number of aromatic nitrogens is 1. The van der Waals surface area contributed by atoms with Crippen molar-refractivity contribution in [1.29, 1.82) is 0 Å². The quantitative estimate of drug-likeness (QED) is 0.518. The summed E-state index contributed by atoms with van der Waals surface area (Å²) >= 11 is 6.79. The molecule has 0 aliphatic carbocycles. The van der Waals surface area contributed by atoms with Crippen LogP contribution in [0.25, 0.3) is 0 Å². The molecule has 0 unspecified atom stereocenters. The lowest BCUT2D eigenvalue weighted by Gasteiger charge is -2.10. The van der Waals surface area contributed by atoms with E-state index < -0.39 is 0 Å². The molecule has 1 aromatic heterocycles. The second-order valence-corrected chi connectivity index (χ2v) is 5.90. The number of rotatable bonds is 3. The lowest BCUT2D eigenvalue weighted by Crippen LogP contribution is -2.24. The molecule has 104 valence electrons. The van der Waals surface area contributed by atoms with Crippen LogP contribution < -0.4 is 10.7 Å². The summed E-state index contributed by atoms with van der Waals surface area (Å²) in [5.41, 5.74) is 6.96. The molecule has 0 radical (unpaired) electrons. The Kier molecular flexibility index (Phi) is 4.81. The SMILES string of the molecule is Cc1ccc(NC(=S)N/N=C/c2csc(C)n2)c(C)c1. The molecule has 0 fully saturated rings. The lowest BCUT2D eigenvalue weighted by atomic mass is 10.1. The van der Waals surface area contributed by atoms with Crippen molar-refractivity contribution in [2.45, 2.75) is 20.8 Å². The van der Waals surface area contributed by atoms with Crippen molar-refractivity contribution in [3.8, 4) is 0 Å². The Hall–Kier alpha value is -1.79. The highest BCUT2D eigenvalue weighted by atomic mass is 32.1. The van der Waals surface area contributed by atoms with E-state index in [1.165, 1.54) is 5.56 Å². The van der Waals surface area contributed by atoms with Gasteiger partial charge in [0.25, 0.3) is 0 Å². The van der Waals surface area contributed by atoms with Gasteiger partial charge in [-0.3, -0.25) is 5.43 Å². The van der Waals surface area contributed by atoms with Crippen LogP contribution >= 0.6 is 23.6 Å². The van der Waals surface area contributed by atoms with Crippen molar-refractivity contribution in [2.24, 2.45) is 5.10 Å². The average molecular weight is 304 g/mol. The first-order chi connectivity index (χ1) is 9.54. The molecule has 0 saturated heterocycles. The van der Waals surface area contributed by atoms with Crippen molar-refractivity contribution >= 4 is 40.6 Å². The van der Waals surface area contributed by atoms with Crippen LogP contribution in [-0.4, -0.2) is 16.3 Å². The molecule has 0 amide bonds. The van der Waals surface area contributed by atoms with Crippen LogP contribution in [0.2, 0.25) is 0 Å². The van der Waals surface area contributed by atoms with Crippen LogP contribution in [0.3, 0.4) is 0 Å². The maximum absolute atomic E-state index is 5.20. The van der Waals surface area contributed by atoms with E-state index in [1.807, 2.05) is 31.4 Å². The fourth-order valence-electron chi connectivity index (χ4n) is 1.70. The second-order valence-electron chi connectivity index (χ2n) is 4.43. The Bertz CT molecular complexity index is 646. The standard InChI is InChI=1S/C14H16N4S2/c1-9-4-5-13(10(2)6-9)17-14(19)18-15-7-12-8-20-11(3)16-12/h4-8H,1-3H3,(H2,17,18,19)/b15-7+. The maximum atomic E-state index is 5.20. The molecule has 0 bridgehead atoms. The summed E-state index contributed by atoms with van der Waals surface area (Å²) in [7, 11) is 0. The first-order valence-corrected chi connectivity index (χ1v) is 7.43. The molecular formula is C14H16N4S2. The zero-order valence-electron chi connectivity index (χ0n) is 11.6. The lowest BCUT2D eigenvalue weighted by molar-refractivity contribution is 1.05. The second kappa shape index (κ2) is 6.58. The molecule has 2 rings (SSSR count). The Balaban J connectivity index is 1.91. The minimum atomic E-state index is 0.458. The van der Waals surface area contributed by atoms with Gasteiger partial charge < -0.3 is 5.32 Å². The van der Waals surface area contributed by atoms with Crippen LogP contribution in [0, 0.1) is 20.8 Å². The molecule has 2 N–H and O–H groups in total. The van der Waals surface area contributed by atoms with Gasteiger partial charge in [-0.05, 0) is 44.6 Å². The summed E-state index contributed by atoms with van der Waals surface area (Å²) in [6.45, 7) is 6.06. The predicted molar refractivity (Wildman–Crippen MR) is 89.7 cm³/mol. The molecule has 6 heteroatoms. The molecule has 0 aliphatic rings. The first kappa shape index (κ1) is 14.6. The van der Waals surface area contributed by atoms with E-state index in [-0.39, 0.29) is 0 Å². The van der Waals surface area contributed by atoms with Crippen LogP contribution in [0.1, 0.15) is 21.8 Å². The minimum Gasteiger partial charge on any atom is -0.331 e. The monoisotopic (exact) mass is 304 g/mol. The molecule has 0 spiro atoms. The topological polar surface area (TPSA) is 49.3 Å². The molecule has 1 heterocycles. The van der Waals surface area contributed by atoms with E-state index >= 15 is 0 Å². The maximum Gasteiger partial charge on any atom is 0.191 e. The molecular weight excluding hydrogens is 288 g/mol. The van der Waals surface area contributed by atoms with Gasteiger partial charge in [0, 0.05) is 11.1 Å². The number of hydrogen-bond donors (Lipinski definition) is 2. The highest BCUT2D eigenvalue weighted by Gasteiger charge is 2.00. The van der Waals surface area contributed by atoms with Gasteiger partial charge in [0.2, 0.25) is 0 Å². The van der Waals surface area contributed by atoms with Crippen LogP contribution in [0.15, 0.2) is 28.7 Å². The molecule has 0 aliphatic heterocycles. The van der Waals surface area contributed by atoms with Crippen LogP contribution in [0.5, 0.6) is 0 Å².